The van der Waals surface area contributed by atoms with Crippen LogP contribution in [0.15, 0.2) is 12.1 Å². The number of hydroxylamine groups is 2. The third kappa shape index (κ3) is 7.98. The fourth-order valence-electron chi connectivity index (χ4n) is 3.19. The van der Waals surface area contributed by atoms with E-state index in [1.165, 1.54) is 12.0 Å². The van der Waals surface area contributed by atoms with Gasteiger partial charge >= 0.3 is 6.09 Å². The van der Waals surface area contributed by atoms with Gasteiger partial charge in [-0.05, 0) is 64.5 Å². The summed E-state index contributed by atoms with van der Waals surface area (Å²) in [6.45, 7) is 9.03. The lowest BCUT2D eigenvalue weighted by molar-refractivity contribution is -0.120. The second-order valence-corrected chi connectivity index (χ2v) is 8.41. The molecular weight excluding hydrogens is 372 g/mol. The Kier molecular flexibility index (Phi) is 8.40. The maximum Gasteiger partial charge on any atom is 0.416 e. The number of rotatable bonds is 8. The van der Waals surface area contributed by atoms with Crippen LogP contribution in [0.1, 0.15) is 58.2 Å². The summed E-state index contributed by atoms with van der Waals surface area (Å²) < 4.78 is 5.53. The van der Waals surface area contributed by atoms with Gasteiger partial charge in [-0.3, -0.25) is 9.69 Å². The quantitative estimate of drug-likeness (QED) is 0.509. The SMILES string of the molecule is CC(=O)NCCN(O)CCCCc1ccc2c(n1)N(C(=O)OC(C)(C)C)CCC2. The fraction of sp³-hybridized carbons (Fsp3) is 0.667. The molecule has 1 aromatic heterocycles. The van der Waals surface area contributed by atoms with Gasteiger partial charge < -0.3 is 15.3 Å². The first-order chi connectivity index (χ1) is 13.7. The van der Waals surface area contributed by atoms with E-state index in [1.54, 1.807) is 4.90 Å². The van der Waals surface area contributed by atoms with Crippen LogP contribution in [0.3, 0.4) is 0 Å². The molecular formula is C21H34N4O4. The third-order valence-corrected chi connectivity index (χ3v) is 4.55. The van der Waals surface area contributed by atoms with Crippen molar-refractivity contribution in [2.45, 2.75) is 65.4 Å². The minimum atomic E-state index is -0.539. The second kappa shape index (κ2) is 10.5. The molecule has 0 spiro atoms. The van der Waals surface area contributed by atoms with Crippen LogP contribution in [0.4, 0.5) is 10.6 Å². The third-order valence-electron chi connectivity index (χ3n) is 4.55. The van der Waals surface area contributed by atoms with Crippen molar-refractivity contribution in [1.29, 1.82) is 0 Å². The largest absolute Gasteiger partial charge is 0.443 e. The van der Waals surface area contributed by atoms with Gasteiger partial charge in [0.15, 0.2) is 0 Å². The van der Waals surface area contributed by atoms with E-state index < -0.39 is 5.60 Å². The van der Waals surface area contributed by atoms with Crippen molar-refractivity contribution in [2.24, 2.45) is 0 Å². The average Bonchev–Trinajstić information content (AvgIpc) is 2.63. The molecule has 8 nitrogen and oxygen atoms in total. The molecule has 0 aromatic carbocycles. The van der Waals surface area contributed by atoms with Gasteiger partial charge in [-0.2, -0.15) is 5.06 Å². The van der Waals surface area contributed by atoms with Gasteiger partial charge in [0.25, 0.3) is 0 Å². The number of hydrogen-bond acceptors (Lipinski definition) is 6. The molecule has 1 aliphatic rings. The Bertz CT molecular complexity index is 702. The zero-order valence-corrected chi connectivity index (χ0v) is 18.0. The molecule has 1 aliphatic heterocycles. The lowest BCUT2D eigenvalue weighted by Gasteiger charge is -2.31. The standard InChI is InChI=1S/C21H34N4O4/c1-16(26)22-12-15-24(28)13-6-5-9-18-11-10-17-8-7-14-25(19(17)23-18)20(27)29-21(2,3)4/h10-11,28H,5-9,12-15H2,1-4H3,(H,22,26). The Hall–Kier alpha value is -2.19. The van der Waals surface area contributed by atoms with Gasteiger partial charge in [0, 0.05) is 38.8 Å². The number of ether oxygens (including phenoxy) is 1. The van der Waals surface area contributed by atoms with Crippen LogP contribution in [0.2, 0.25) is 0 Å². The van der Waals surface area contributed by atoms with Crippen LogP contribution in [0.5, 0.6) is 0 Å². The molecule has 1 aromatic rings. The van der Waals surface area contributed by atoms with Crippen LogP contribution in [0, 0.1) is 0 Å². The van der Waals surface area contributed by atoms with E-state index in [-0.39, 0.29) is 12.0 Å². The van der Waals surface area contributed by atoms with Crippen LogP contribution < -0.4 is 10.2 Å². The number of aryl methyl sites for hydroxylation is 2. The topological polar surface area (TPSA) is 95.0 Å². The van der Waals surface area contributed by atoms with Crippen molar-refractivity contribution in [3.05, 3.63) is 23.4 Å². The highest BCUT2D eigenvalue weighted by Crippen LogP contribution is 2.27. The van der Waals surface area contributed by atoms with Crippen molar-refractivity contribution < 1.29 is 19.5 Å². The minimum Gasteiger partial charge on any atom is -0.443 e. The number of amides is 2. The van der Waals surface area contributed by atoms with E-state index in [9.17, 15) is 14.8 Å². The molecule has 2 heterocycles. The number of fused-ring (bicyclic) bond motifs is 1. The van der Waals surface area contributed by atoms with E-state index >= 15 is 0 Å². The number of aromatic nitrogens is 1. The Morgan fingerprint density at radius 1 is 1.28 bits per heavy atom. The smallest absolute Gasteiger partial charge is 0.416 e. The Labute approximate surface area is 173 Å². The normalized spacial score (nSPS) is 13.9. The van der Waals surface area contributed by atoms with Gasteiger partial charge in [0.2, 0.25) is 5.91 Å². The molecule has 29 heavy (non-hydrogen) atoms. The summed E-state index contributed by atoms with van der Waals surface area (Å²) in [7, 11) is 0. The predicted molar refractivity (Wildman–Crippen MR) is 111 cm³/mol. The molecule has 0 saturated carbocycles. The molecule has 0 atom stereocenters. The lowest BCUT2D eigenvalue weighted by Crippen LogP contribution is -2.40. The fourth-order valence-corrected chi connectivity index (χ4v) is 3.19. The van der Waals surface area contributed by atoms with Crippen molar-refractivity contribution in [3.8, 4) is 0 Å². The predicted octanol–water partition coefficient (Wildman–Crippen LogP) is 2.92. The number of carbonyl (C=O) groups is 2. The van der Waals surface area contributed by atoms with Gasteiger partial charge in [0.1, 0.15) is 11.4 Å². The van der Waals surface area contributed by atoms with Gasteiger partial charge in [-0.1, -0.05) is 6.07 Å². The van der Waals surface area contributed by atoms with E-state index in [1.807, 2.05) is 26.8 Å². The van der Waals surface area contributed by atoms with E-state index in [0.29, 0.717) is 32.0 Å². The van der Waals surface area contributed by atoms with Gasteiger partial charge in [0.05, 0.1) is 0 Å². The Morgan fingerprint density at radius 2 is 2.03 bits per heavy atom. The van der Waals surface area contributed by atoms with Crippen molar-refractivity contribution >= 4 is 17.8 Å². The molecule has 8 heteroatoms. The van der Waals surface area contributed by atoms with Crippen molar-refractivity contribution in [1.82, 2.24) is 15.4 Å². The van der Waals surface area contributed by atoms with Gasteiger partial charge in [-0.15, -0.1) is 0 Å². The zero-order chi connectivity index (χ0) is 21.4. The number of pyridine rings is 1. The number of nitrogens with zero attached hydrogens (tertiary/aromatic N) is 3. The summed E-state index contributed by atoms with van der Waals surface area (Å²) in [5.41, 5.74) is 1.47. The molecule has 0 bridgehead atoms. The van der Waals surface area contributed by atoms with Crippen molar-refractivity contribution in [3.63, 3.8) is 0 Å². The minimum absolute atomic E-state index is 0.0997. The van der Waals surface area contributed by atoms with Gasteiger partial charge in [-0.25, -0.2) is 9.78 Å². The molecule has 0 aliphatic carbocycles. The first kappa shape index (κ1) is 23.1. The van der Waals surface area contributed by atoms with Crippen molar-refractivity contribution in [2.75, 3.05) is 31.1 Å². The maximum absolute atomic E-state index is 12.6. The van der Waals surface area contributed by atoms with E-state index in [2.05, 4.69) is 11.4 Å². The molecule has 2 rings (SSSR count). The number of hydrogen-bond donors (Lipinski definition) is 2. The highest BCUT2D eigenvalue weighted by molar-refractivity contribution is 5.88. The zero-order valence-electron chi connectivity index (χ0n) is 18.0. The van der Waals surface area contributed by atoms with Crippen LogP contribution in [0.25, 0.3) is 0 Å². The van der Waals surface area contributed by atoms with Crippen LogP contribution in [-0.4, -0.2) is 59.0 Å². The van der Waals surface area contributed by atoms with E-state index in [0.717, 1.165) is 43.4 Å². The average molecular weight is 407 g/mol. The summed E-state index contributed by atoms with van der Waals surface area (Å²) in [6.07, 6.45) is 3.92. The molecule has 0 radical (unpaired) electrons. The van der Waals surface area contributed by atoms with Crippen LogP contribution >= 0.6 is 0 Å². The molecule has 2 N–H and O–H groups in total. The second-order valence-electron chi connectivity index (χ2n) is 8.41. The number of carbonyl (C=O) groups excluding carboxylic acids is 2. The molecule has 0 unspecified atom stereocenters. The van der Waals surface area contributed by atoms with E-state index in [4.69, 9.17) is 9.72 Å². The number of nitrogens with one attached hydrogen (secondary N) is 1. The highest BCUT2D eigenvalue weighted by atomic mass is 16.6. The van der Waals surface area contributed by atoms with Crippen LogP contribution in [-0.2, 0) is 22.4 Å². The molecule has 0 saturated heterocycles. The summed E-state index contributed by atoms with van der Waals surface area (Å²) in [4.78, 5) is 29.8. The summed E-state index contributed by atoms with van der Waals surface area (Å²) in [5.74, 6) is 0.611. The summed E-state index contributed by atoms with van der Waals surface area (Å²) >= 11 is 0. The Morgan fingerprint density at radius 3 is 2.72 bits per heavy atom. The number of anilines is 1. The number of unbranched alkanes of at least 4 members (excludes halogenated alkanes) is 1. The highest BCUT2D eigenvalue weighted by Gasteiger charge is 2.28. The first-order valence-corrected chi connectivity index (χ1v) is 10.3. The summed E-state index contributed by atoms with van der Waals surface area (Å²) in [6, 6.07) is 4.07. The molecule has 162 valence electrons. The summed E-state index contributed by atoms with van der Waals surface area (Å²) in [5, 5.41) is 13.7. The first-order valence-electron chi connectivity index (χ1n) is 10.3. The molecule has 0 fully saturated rings. The lowest BCUT2D eigenvalue weighted by atomic mass is 10.0. The Balaban J connectivity index is 1.86. The maximum atomic E-state index is 12.6. The molecule has 2 amide bonds. The monoisotopic (exact) mass is 406 g/mol.